The minimum atomic E-state index is -1.28. The van der Waals surface area contributed by atoms with E-state index >= 15 is 0 Å². The Morgan fingerprint density at radius 1 is 1.25 bits per heavy atom. The molecule has 0 aliphatic carbocycles. The number of rotatable bonds is 2. The van der Waals surface area contributed by atoms with Crippen molar-refractivity contribution >= 4 is 18.0 Å². The number of carboxylic acid groups (broad SMARTS) is 2. The van der Waals surface area contributed by atoms with Gasteiger partial charge in [-0.15, -0.1) is 0 Å². The molecule has 20 heavy (non-hydrogen) atoms. The molecule has 1 rings (SSSR count). The summed E-state index contributed by atoms with van der Waals surface area (Å²) >= 11 is 0. The third kappa shape index (κ3) is 3.85. The third-order valence-electron chi connectivity index (χ3n) is 3.19. The standard InChI is InChI=1S/C13H21NO6/c1-12(2,3)20-11(19)14-6-8(9(15)16)5-13(4,7-14)10(17)18/h8H,5-7H2,1-4H3,(H,15,16)(H,17,18)/t8-,13-/m1/s1. The molecule has 2 N–H and O–H groups in total. The molecular weight excluding hydrogens is 266 g/mol. The first-order valence-electron chi connectivity index (χ1n) is 6.39. The molecule has 114 valence electrons. The van der Waals surface area contributed by atoms with Crippen molar-refractivity contribution in [1.82, 2.24) is 4.90 Å². The second-order valence-electron chi connectivity index (χ2n) is 6.47. The molecule has 1 aliphatic rings. The van der Waals surface area contributed by atoms with E-state index in [0.717, 1.165) is 0 Å². The molecule has 0 bridgehead atoms. The van der Waals surface area contributed by atoms with E-state index in [-0.39, 0.29) is 19.5 Å². The van der Waals surface area contributed by atoms with Crippen LogP contribution in [0.3, 0.4) is 0 Å². The number of hydrogen-bond acceptors (Lipinski definition) is 4. The molecule has 0 spiro atoms. The van der Waals surface area contributed by atoms with Crippen molar-refractivity contribution in [3.05, 3.63) is 0 Å². The van der Waals surface area contributed by atoms with Crippen molar-refractivity contribution in [3.8, 4) is 0 Å². The maximum Gasteiger partial charge on any atom is 0.410 e. The highest BCUT2D eigenvalue weighted by Gasteiger charge is 2.46. The molecule has 1 saturated heterocycles. The van der Waals surface area contributed by atoms with Crippen molar-refractivity contribution in [1.29, 1.82) is 0 Å². The zero-order valence-electron chi connectivity index (χ0n) is 12.2. The van der Waals surface area contributed by atoms with E-state index in [4.69, 9.17) is 9.84 Å². The first-order valence-corrected chi connectivity index (χ1v) is 6.39. The van der Waals surface area contributed by atoms with E-state index in [1.165, 1.54) is 11.8 Å². The molecule has 7 nitrogen and oxygen atoms in total. The summed E-state index contributed by atoms with van der Waals surface area (Å²) in [6.07, 6.45) is -0.687. The van der Waals surface area contributed by atoms with Gasteiger partial charge in [0, 0.05) is 13.1 Å². The van der Waals surface area contributed by atoms with Crippen LogP contribution < -0.4 is 0 Å². The van der Waals surface area contributed by atoms with Crippen LogP contribution in [0.1, 0.15) is 34.1 Å². The summed E-state index contributed by atoms with van der Waals surface area (Å²) in [4.78, 5) is 35.7. The summed E-state index contributed by atoms with van der Waals surface area (Å²) in [5.74, 6) is -3.12. The van der Waals surface area contributed by atoms with Crippen LogP contribution in [0, 0.1) is 11.3 Å². The van der Waals surface area contributed by atoms with Gasteiger partial charge in [0.1, 0.15) is 5.60 Å². The van der Waals surface area contributed by atoms with Gasteiger partial charge >= 0.3 is 18.0 Å². The van der Waals surface area contributed by atoms with E-state index in [1.807, 2.05) is 0 Å². The van der Waals surface area contributed by atoms with Gasteiger partial charge in [-0.1, -0.05) is 0 Å². The van der Waals surface area contributed by atoms with Gasteiger partial charge in [0.2, 0.25) is 0 Å². The molecular formula is C13H21NO6. The number of carbonyl (C=O) groups is 3. The van der Waals surface area contributed by atoms with Crippen LogP contribution in [0.15, 0.2) is 0 Å². The SMILES string of the molecule is CC(C)(C)OC(=O)N1C[C@H](C(=O)O)C[C@@](C)(C(=O)O)C1. The molecule has 0 radical (unpaired) electrons. The van der Waals surface area contributed by atoms with E-state index < -0.39 is 35.0 Å². The normalized spacial score (nSPS) is 27.0. The second kappa shape index (κ2) is 5.30. The van der Waals surface area contributed by atoms with E-state index in [0.29, 0.717) is 0 Å². The summed E-state index contributed by atoms with van der Waals surface area (Å²) in [6.45, 7) is 6.44. The highest BCUT2D eigenvalue weighted by molar-refractivity contribution is 5.79. The van der Waals surface area contributed by atoms with Gasteiger partial charge in [0.25, 0.3) is 0 Å². The maximum absolute atomic E-state index is 12.0. The molecule has 0 aromatic heterocycles. The lowest BCUT2D eigenvalue weighted by Crippen LogP contribution is -2.54. The fourth-order valence-corrected chi connectivity index (χ4v) is 2.21. The summed E-state index contributed by atoms with van der Waals surface area (Å²) in [5, 5.41) is 18.4. The Kier molecular flexibility index (Phi) is 4.31. The highest BCUT2D eigenvalue weighted by atomic mass is 16.6. The third-order valence-corrected chi connectivity index (χ3v) is 3.19. The summed E-state index contributed by atoms with van der Waals surface area (Å²) in [6, 6.07) is 0. The van der Waals surface area contributed by atoms with Crippen LogP contribution in [-0.2, 0) is 14.3 Å². The number of amides is 1. The molecule has 1 aliphatic heterocycles. The highest BCUT2D eigenvalue weighted by Crippen LogP contribution is 2.34. The second-order valence-corrected chi connectivity index (χ2v) is 6.47. The number of piperidine rings is 1. The van der Waals surface area contributed by atoms with Crippen LogP contribution >= 0.6 is 0 Å². The minimum absolute atomic E-state index is 0.00301. The molecule has 2 atom stereocenters. The number of hydrogen-bond donors (Lipinski definition) is 2. The topological polar surface area (TPSA) is 104 Å². The summed E-state index contributed by atoms with van der Waals surface area (Å²) in [7, 11) is 0. The van der Waals surface area contributed by atoms with Crippen LogP contribution in [0.5, 0.6) is 0 Å². The minimum Gasteiger partial charge on any atom is -0.481 e. The predicted octanol–water partition coefficient (Wildman–Crippen LogP) is 1.42. The largest absolute Gasteiger partial charge is 0.481 e. The molecule has 0 unspecified atom stereocenters. The average molecular weight is 287 g/mol. The number of carboxylic acids is 2. The van der Waals surface area contributed by atoms with E-state index in [2.05, 4.69) is 0 Å². The van der Waals surface area contributed by atoms with Gasteiger partial charge in [-0.2, -0.15) is 0 Å². The van der Waals surface area contributed by atoms with Gasteiger partial charge in [0.05, 0.1) is 11.3 Å². The fourth-order valence-electron chi connectivity index (χ4n) is 2.21. The number of aliphatic carboxylic acids is 2. The van der Waals surface area contributed by atoms with Crippen LogP contribution in [-0.4, -0.2) is 51.8 Å². The predicted molar refractivity (Wildman–Crippen MR) is 69.3 cm³/mol. The monoisotopic (exact) mass is 287 g/mol. The Hall–Kier alpha value is -1.79. The van der Waals surface area contributed by atoms with Crippen LogP contribution in [0.2, 0.25) is 0 Å². The van der Waals surface area contributed by atoms with Gasteiger partial charge in [-0.05, 0) is 34.1 Å². The number of nitrogens with zero attached hydrogens (tertiary/aromatic N) is 1. The Balaban J connectivity index is 2.93. The molecule has 1 amide bonds. The number of ether oxygens (including phenoxy) is 1. The number of carbonyl (C=O) groups excluding carboxylic acids is 1. The lowest BCUT2D eigenvalue weighted by Gasteiger charge is -2.40. The van der Waals surface area contributed by atoms with E-state index in [9.17, 15) is 19.5 Å². The van der Waals surface area contributed by atoms with Crippen molar-refractivity contribution < 1.29 is 29.3 Å². The molecule has 1 heterocycles. The van der Waals surface area contributed by atoms with Crippen molar-refractivity contribution in [2.24, 2.45) is 11.3 Å². The Bertz CT molecular complexity index is 427. The van der Waals surface area contributed by atoms with Gasteiger partial charge in [0.15, 0.2) is 0 Å². The number of likely N-dealkylation sites (tertiary alicyclic amines) is 1. The van der Waals surface area contributed by atoms with Gasteiger partial charge in [-0.3, -0.25) is 9.59 Å². The zero-order chi connectivity index (χ0) is 15.7. The van der Waals surface area contributed by atoms with E-state index in [1.54, 1.807) is 20.8 Å². The molecule has 0 aromatic carbocycles. The lowest BCUT2D eigenvalue weighted by molar-refractivity contribution is -0.156. The van der Waals surface area contributed by atoms with Crippen molar-refractivity contribution in [3.63, 3.8) is 0 Å². The van der Waals surface area contributed by atoms with Crippen molar-refractivity contribution in [2.75, 3.05) is 13.1 Å². The smallest absolute Gasteiger partial charge is 0.410 e. The lowest BCUT2D eigenvalue weighted by atomic mass is 9.77. The average Bonchev–Trinajstić information content (AvgIpc) is 2.25. The first-order chi connectivity index (χ1) is 8.94. The molecule has 0 aromatic rings. The Labute approximate surface area is 117 Å². The first kappa shape index (κ1) is 16.3. The Morgan fingerprint density at radius 2 is 1.80 bits per heavy atom. The summed E-state index contributed by atoms with van der Waals surface area (Å²) in [5.41, 5.74) is -1.99. The molecule has 1 fully saturated rings. The zero-order valence-corrected chi connectivity index (χ0v) is 12.2. The molecule has 7 heteroatoms. The Morgan fingerprint density at radius 3 is 2.20 bits per heavy atom. The van der Waals surface area contributed by atoms with Crippen LogP contribution in [0.4, 0.5) is 4.79 Å². The van der Waals surface area contributed by atoms with Crippen molar-refractivity contribution in [2.45, 2.75) is 39.7 Å². The van der Waals surface area contributed by atoms with Gasteiger partial charge < -0.3 is 19.8 Å². The fraction of sp³-hybridized carbons (Fsp3) is 0.769. The maximum atomic E-state index is 12.0. The molecule has 0 saturated carbocycles. The quantitative estimate of drug-likeness (QED) is 0.796. The summed E-state index contributed by atoms with van der Waals surface area (Å²) < 4.78 is 5.18. The van der Waals surface area contributed by atoms with Crippen LogP contribution in [0.25, 0.3) is 0 Å². The van der Waals surface area contributed by atoms with Gasteiger partial charge in [-0.25, -0.2) is 4.79 Å².